The predicted molar refractivity (Wildman–Crippen MR) is 83.4 cm³/mol. The Morgan fingerprint density at radius 2 is 2.14 bits per heavy atom. The second-order valence-electron chi connectivity index (χ2n) is 6.03. The topological polar surface area (TPSA) is 66.5 Å². The Hall–Kier alpha value is -0.880. The van der Waals surface area contributed by atoms with Gasteiger partial charge in [0.15, 0.2) is 0 Å². The van der Waals surface area contributed by atoms with Gasteiger partial charge in [-0.05, 0) is 44.9 Å². The minimum Gasteiger partial charge on any atom is -0.354 e. The van der Waals surface area contributed by atoms with E-state index < -0.39 is 16.1 Å². The number of hydrogen-bond acceptors (Lipinski definition) is 3. The molecule has 1 heterocycles. The van der Waals surface area contributed by atoms with Crippen molar-refractivity contribution in [2.45, 2.75) is 57.4 Å². The first-order valence-electron chi connectivity index (χ1n) is 7.91. The molecule has 0 aromatic heterocycles. The van der Waals surface area contributed by atoms with Crippen LogP contribution in [0.2, 0.25) is 0 Å². The number of hydrogen-bond donors (Lipinski definition) is 1. The highest BCUT2D eigenvalue weighted by molar-refractivity contribution is 7.88. The van der Waals surface area contributed by atoms with Gasteiger partial charge in [0.2, 0.25) is 15.9 Å². The Labute approximate surface area is 127 Å². The molecule has 0 saturated carbocycles. The SMILES string of the molecule is CS(=O)(=O)N1CCCC[C@H]1C(=O)NCCC1=CCCCC1. The number of nitrogens with one attached hydrogen (secondary N) is 1. The summed E-state index contributed by atoms with van der Waals surface area (Å²) in [6.45, 7) is 1.07. The molecule has 0 bridgehead atoms. The van der Waals surface area contributed by atoms with Gasteiger partial charge in [-0.1, -0.05) is 18.1 Å². The van der Waals surface area contributed by atoms with Gasteiger partial charge in [-0.25, -0.2) is 8.42 Å². The van der Waals surface area contributed by atoms with Crippen molar-refractivity contribution in [3.8, 4) is 0 Å². The number of carbonyl (C=O) groups is 1. The third-order valence-electron chi connectivity index (χ3n) is 4.31. The lowest BCUT2D eigenvalue weighted by molar-refractivity contribution is -0.125. The van der Waals surface area contributed by atoms with E-state index in [2.05, 4.69) is 11.4 Å². The van der Waals surface area contributed by atoms with E-state index in [-0.39, 0.29) is 5.91 Å². The van der Waals surface area contributed by atoms with Gasteiger partial charge < -0.3 is 5.32 Å². The maximum Gasteiger partial charge on any atom is 0.238 e. The van der Waals surface area contributed by atoms with Crippen LogP contribution in [0.5, 0.6) is 0 Å². The van der Waals surface area contributed by atoms with Crippen LogP contribution in [0.15, 0.2) is 11.6 Å². The lowest BCUT2D eigenvalue weighted by Crippen LogP contribution is -2.51. The molecular formula is C15H26N2O3S. The number of sulfonamides is 1. The zero-order valence-corrected chi connectivity index (χ0v) is 13.6. The standard InChI is InChI=1S/C15H26N2O3S/c1-21(19,20)17-12-6-5-9-14(17)15(18)16-11-10-13-7-3-2-4-8-13/h7,14H,2-6,8-12H2,1H3,(H,16,18)/t14-/m0/s1. The summed E-state index contributed by atoms with van der Waals surface area (Å²) in [5, 5.41) is 2.92. The van der Waals surface area contributed by atoms with Crippen molar-refractivity contribution in [2.75, 3.05) is 19.3 Å². The number of nitrogens with zero attached hydrogens (tertiary/aromatic N) is 1. The molecule has 0 aromatic carbocycles. The largest absolute Gasteiger partial charge is 0.354 e. The Morgan fingerprint density at radius 1 is 1.33 bits per heavy atom. The van der Waals surface area contributed by atoms with Gasteiger partial charge in [-0.3, -0.25) is 4.79 Å². The molecule has 21 heavy (non-hydrogen) atoms. The zero-order chi connectivity index (χ0) is 15.3. The summed E-state index contributed by atoms with van der Waals surface area (Å²) >= 11 is 0. The van der Waals surface area contributed by atoms with Gasteiger partial charge >= 0.3 is 0 Å². The fraction of sp³-hybridized carbons (Fsp3) is 0.800. The molecule has 1 saturated heterocycles. The molecule has 1 aliphatic heterocycles. The van der Waals surface area contributed by atoms with Gasteiger partial charge in [-0.15, -0.1) is 0 Å². The van der Waals surface area contributed by atoms with Crippen molar-refractivity contribution in [1.82, 2.24) is 9.62 Å². The summed E-state index contributed by atoms with van der Waals surface area (Å²) in [4.78, 5) is 12.3. The number of rotatable bonds is 5. The van der Waals surface area contributed by atoms with Gasteiger partial charge in [0.05, 0.1) is 6.26 Å². The third kappa shape index (κ3) is 4.81. The van der Waals surface area contributed by atoms with E-state index in [1.54, 1.807) is 0 Å². The van der Waals surface area contributed by atoms with Crippen LogP contribution in [-0.4, -0.2) is 44.0 Å². The van der Waals surface area contributed by atoms with E-state index in [0.717, 1.165) is 32.1 Å². The van der Waals surface area contributed by atoms with Crippen LogP contribution in [0.4, 0.5) is 0 Å². The van der Waals surface area contributed by atoms with Crippen molar-refractivity contribution in [2.24, 2.45) is 0 Å². The summed E-state index contributed by atoms with van der Waals surface area (Å²) in [5.74, 6) is -0.142. The molecule has 1 atom stereocenters. The van der Waals surface area contributed by atoms with Crippen LogP contribution >= 0.6 is 0 Å². The van der Waals surface area contributed by atoms with E-state index in [9.17, 15) is 13.2 Å². The Morgan fingerprint density at radius 3 is 2.81 bits per heavy atom. The molecule has 0 aromatic rings. The Balaban J connectivity index is 1.84. The molecule has 5 nitrogen and oxygen atoms in total. The average molecular weight is 314 g/mol. The molecule has 1 aliphatic carbocycles. The van der Waals surface area contributed by atoms with E-state index in [4.69, 9.17) is 0 Å². The van der Waals surface area contributed by atoms with Crippen LogP contribution in [0.1, 0.15) is 51.4 Å². The van der Waals surface area contributed by atoms with Crippen LogP contribution in [0, 0.1) is 0 Å². The molecule has 0 unspecified atom stereocenters. The Bertz CT molecular complexity index is 499. The molecule has 1 amide bonds. The van der Waals surface area contributed by atoms with Crippen LogP contribution in [-0.2, 0) is 14.8 Å². The first kappa shape index (κ1) is 16.5. The molecule has 0 radical (unpaired) electrons. The number of allylic oxidation sites excluding steroid dienone is 1. The minimum atomic E-state index is -3.30. The molecule has 2 aliphatic rings. The molecule has 6 heteroatoms. The first-order valence-corrected chi connectivity index (χ1v) is 9.76. The lowest BCUT2D eigenvalue weighted by Gasteiger charge is -2.32. The van der Waals surface area contributed by atoms with E-state index in [0.29, 0.717) is 19.5 Å². The van der Waals surface area contributed by atoms with Gasteiger partial charge in [0.1, 0.15) is 6.04 Å². The smallest absolute Gasteiger partial charge is 0.238 e. The molecule has 1 fully saturated rings. The second kappa shape index (κ2) is 7.40. The van der Waals surface area contributed by atoms with Crippen molar-refractivity contribution in [3.05, 3.63) is 11.6 Å². The maximum atomic E-state index is 12.3. The average Bonchev–Trinajstić information content (AvgIpc) is 2.47. The van der Waals surface area contributed by atoms with Gasteiger partial charge in [-0.2, -0.15) is 4.31 Å². The van der Waals surface area contributed by atoms with Crippen LogP contribution in [0.3, 0.4) is 0 Å². The van der Waals surface area contributed by atoms with Crippen molar-refractivity contribution >= 4 is 15.9 Å². The first-order chi connectivity index (χ1) is 9.98. The van der Waals surface area contributed by atoms with Crippen molar-refractivity contribution in [1.29, 1.82) is 0 Å². The summed E-state index contributed by atoms with van der Waals surface area (Å²) in [6.07, 6.45) is 11.5. The summed E-state index contributed by atoms with van der Waals surface area (Å²) in [7, 11) is -3.30. The highest BCUT2D eigenvalue weighted by atomic mass is 32.2. The molecule has 120 valence electrons. The second-order valence-corrected chi connectivity index (χ2v) is 7.97. The minimum absolute atomic E-state index is 0.142. The third-order valence-corrected chi connectivity index (χ3v) is 5.60. The van der Waals surface area contributed by atoms with Crippen LogP contribution in [0.25, 0.3) is 0 Å². The molecular weight excluding hydrogens is 288 g/mol. The van der Waals surface area contributed by atoms with Crippen LogP contribution < -0.4 is 5.32 Å². The monoisotopic (exact) mass is 314 g/mol. The summed E-state index contributed by atoms with van der Waals surface area (Å²) < 4.78 is 24.9. The van der Waals surface area contributed by atoms with E-state index in [1.807, 2.05) is 0 Å². The molecule has 1 N–H and O–H groups in total. The highest BCUT2D eigenvalue weighted by Crippen LogP contribution is 2.21. The fourth-order valence-corrected chi connectivity index (χ4v) is 4.28. The van der Waals surface area contributed by atoms with Crippen molar-refractivity contribution < 1.29 is 13.2 Å². The maximum absolute atomic E-state index is 12.3. The van der Waals surface area contributed by atoms with Crippen molar-refractivity contribution in [3.63, 3.8) is 0 Å². The number of amides is 1. The lowest BCUT2D eigenvalue weighted by atomic mass is 9.97. The Kier molecular flexibility index (Phi) is 5.81. The van der Waals surface area contributed by atoms with Gasteiger partial charge in [0, 0.05) is 13.1 Å². The quantitative estimate of drug-likeness (QED) is 0.787. The number of carbonyl (C=O) groups excluding carboxylic acids is 1. The zero-order valence-electron chi connectivity index (χ0n) is 12.8. The highest BCUT2D eigenvalue weighted by Gasteiger charge is 2.34. The van der Waals surface area contributed by atoms with E-state index in [1.165, 1.54) is 29.0 Å². The molecule has 2 rings (SSSR count). The molecule has 0 spiro atoms. The normalized spacial score (nSPS) is 24.4. The fourth-order valence-electron chi connectivity index (χ4n) is 3.16. The predicted octanol–water partition coefficient (Wildman–Crippen LogP) is 1.81. The van der Waals surface area contributed by atoms with E-state index >= 15 is 0 Å². The summed E-state index contributed by atoms with van der Waals surface area (Å²) in [5.41, 5.74) is 1.42. The number of piperidine rings is 1. The van der Waals surface area contributed by atoms with Gasteiger partial charge in [0.25, 0.3) is 0 Å². The summed E-state index contributed by atoms with van der Waals surface area (Å²) in [6, 6.07) is -0.519.